The van der Waals surface area contributed by atoms with Gasteiger partial charge in [-0.2, -0.15) is 0 Å². The van der Waals surface area contributed by atoms with E-state index in [0.717, 1.165) is 12.0 Å². The first-order valence-electron chi connectivity index (χ1n) is 8.48. The van der Waals surface area contributed by atoms with Gasteiger partial charge in [0.25, 0.3) is 0 Å². The number of nitrogens with zero attached hydrogens (tertiary/aromatic N) is 2. The number of amides is 1. The van der Waals surface area contributed by atoms with Gasteiger partial charge in [0.15, 0.2) is 5.75 Å². The Hall–Kier alpha value is -2.34. The van der Waals surface area contributed by atoms with Crippen LogP contribution in [0.5, 0.6) is 5.75 Å². The second kappa shape index (κ2) is 9.38. The molecule has 0 saturated carbocycles. The second-order valence-corrected chi connectivity index (χ2v) is 7.00. The third-order valence-corrected chi connectivity index (χ3v) is 3.98. The number of hydrogen-bond donors (Lipinski definition) is 1. The Morgan fingerprint density at radius 3 is 2.69 bits per heavy atom. The zero-order valence-corrected chi connectivity index (χ0v) is 16.2. The van der Waals surface area contributed by atoms with Gasteiger partial charge in [-0.25, -0.2) is 9.78 Å². The van der Waals surface area contributed by atoms with Gasteiger partial charge in [-0.3, -0.25) is 10.3 Å². The van der Waals surface area contributed by atoms with Gasteiger partial charge in [0.2, 0.25) is 0 Å². The van der Waals surface area contributed by atoms with Crippen molar-refractivity contribution < 1.29 is 14.3 Å². The van der Waals surface area contributed by atoms with Crippen LogP contribution in [0.3, 0.4) is 0 Å². The summed E-state index contributed by atoms with van der Waals surface area (Å²) in [4.78, 5) is 19.8. The standard InChI is InChI=1S/C19H24ClN3O3/c1-12(2)7-13(3)11-26-17-10-22-16(9-15(17)20)14-5-6-21-18(8-14)23-19(24)25-4/h5-6,8-10,12-13H,7,11H2,1-4H3,(H,21,23,24). The van der Waals surface area contributed by atoms with Gasteiger partial charge in [-0.15, -0.1) is 0 Å². The fourth-order valence-corrected chi connectivity index (χ4v) is 2.81. The van der Waals surface area contributed by atoms with Crippen LogP contribution >= 0.6 is 11.6 Å². The van der Waals surface area contributed by atoms with Crippen LogP contribution in [0, 0.1) is 11.8 Å². The minimum atomic E-state index is -0.583. The Balaban J connectivity index is 2.09. The van der Waals surface area contributed by atoms with Crippen LogP contribution in [-0.2, 0) is 4.74 Å². The number of aromatic nitrogens is 2. The highest BCUT2D eigenvalue weighted by atomic mass is 35.5. The maximum Gasteiger partial charge on any atom is 0.412 e. The Bertz CT molecular complexity index is 753. The van der Waals surface area contributed by atoms with Crippen molar-refractivity contribution in [3.63, 3.8) is 0 Å². The molecule has 2 heterocycles. The van der Waals surface area contributed by atoms with Gasteiger partial charge in [-0.05, 0) is 36.5 Å². The van der Waals surface area contributed by atoms with Crippen LogP contribution in [0.15, 0.2) is 30.6 Å². The first-order valence-corrected chi connectivity index (χ1v) is 8.86. The molecule has 1 amide bonds. The van der Waals surface area contributed by atoms with Crippen molar-refractivity contribution in [2.45, 2.75) is 27.2 Å². The highest BCUT2D eigenvalue weighted by Crippen LogP contribution is 2.29. The number of carbonyl (C=O) groups excluding carboxylic acids is 1. The van der Waals surface area contributed by atoms with E-state index in [1.54, 1.807) is 30.6 Å². The number of rotatable bonds is 7. The summed E-state index contributed by atoms with van der Waals surface area (Å²) in [7, 11) is 1.29. The van der Waals surface area contributed by atoms with Crippen molar-refractivity contribution in [1.82, 2.24) is 9.97 Å². The van der Waals surface area contributed by atoms with Crippen LogP contribution in [0.4, 0.5) is 10.6 Å². The minimum Gasteiger partial charge on any atom is -0.490 e. The Morgan fingerprint density at radius 2 is 2.04 bits per heavy atom. The maximum atomic E-state index is 11.3. The molecule has 0 aliphatic heterocycles. The van der Waals surface area contributed by atoms with Crippen LogP contribution < -0.4 is 10.1 Å². The molecule has 0 saturated heterocycles. The molecule has 0 bridgehead atoms. The van der Waals surface area contributed by atoms with Crippen molar-refractivity contribution in [2.75, 3.05) is 19.0 Å². The number of carbonyl (C=O) groups is 1. The Labute approximate surface area is 158 Å². The van der Waals surface area contributed by atoms with E-state index in [9.17, 15) is 4.79 Å². The third-order valence-electron chi connectivity index (χ3n) is 3.69. The number of anilines is 1. The quantitative estimate of drug-likeness (QED) is 0.731. The lowest BCUT2D eigenvalue weighted by Crippen LogP contribution is -2.12. The second-order valence-electron chi connectivity index (χ2n) is 6.59. The molecule has 2 rings (SSSR count). The average molecular weight is 378 g/mol. The van der Waals surface area contributed by atoms with Crippen molar-refractivity contribution in [2.24, 2.45) is 11.8 Å². The normalized spacial score (nSPS) is 11.9. The largest absolute Gasteiger partial charge is 0.490 e. The fraction of sp³-hybridized carbons (Fsp3) is 0.421. The lowest BCUT2D eigenvalue weighted by Gasteiger charge is -2.15. The highest BCUT2D eigenvalue weighted by Gasteiger charge is 2.11. The molecular weight excluding hydrogens is 354 g/mol. The summed E-state index contributed by atoms with van der Waals surface area (Å²) in [5.41, 5.74) is 1.43. The topological polar surface area (TPSA) is 73.3 Å². The van der Waals surface area contributed by atoms with E-state index >= 15 is 0 Å². The third kappa shape index (κ3) is 5.88. The summed E-state index contributed by atoms with van der Waals surface area (Å²) in [6.45, 7) is 7.14. The van der Waals surface area contributed by atoms with Crippen LogP contribution in [-0.4, -0.2) is 29.8 Å². The van der Waals surface area contributed by atoms with Crippen molar-refractivity contribution in [3.8, 4) is 17.0 Å². The van der Waals surface area contributed by atoms with Gasteiger partial charge in [0.1, 0.15) is 5.82 Å². The van der Waals surface area contributed by atoms with E-state index in [2.05, 4.69) is 40.8 Å². The van der Waals surface area contributed by atoms with E-state index in [1.165, 1.54) is 7.11 Å². The summed E-state index contributed by atoms with van der Waals surface area (Å²) in [5, 5.41) is 3.01. The highest BCUT2D eigenvalue weighted by molar-refractivity contribution is 6.32. The lowest BCUT2D eigenvalue weighted by molar-refractivity contribution is 0.187. The summed E-state index contributed by atoms with van der Waals surface area (Å²) in [5.74, 6) is 2.00. The molecule has 0 fully saturated rings. The average Bonchev–Trinajstić information content (AvgIpc) is 2.60. The van der Waals surface area contributed by atoms with Gasteiger partial charge >= 0.3 is 6.09 Å². The van der Waals surface area contributed by atoms with Crippen LogP contribution in [0.2, 0.25) is 5.02 Å². The smallest absolute Gasteiger partial charge is 0.412 e. The zero-order chi connectivity index (χ0) is 19.1. The molecule has 0 aromatic carbocycles. The molecule has 0 radical (unpaired) electrons. The first kappa shape index (κ1) is 20.0. The van der Waals surface area contributed by atoms with Crippen LogP contribution in [0.25, 0.3) is 11.3 Å². The molecule has 2 aromatic rings. The molecule has 0 aliphatic rings. The van der Waals surface area contributed by atoms with Gasteiger partial charge in [-0.1, -0.05) is 32.4 Å². The van der Waals surface area contributed by atoms with Crippen molar-refractivity contribution in [3.05, 3.63) is 35.6 Å². The summed E-state index contributed by atoms with van der Waals surface area (Å²) >= 11 is 6.34. The molecule has 2 aromatic heterocycles. The summed E-state index contributed by atoms with van der Waals surface area (Å²) in [6.07, 6.45) is 3.71. The SMILES string of the molecule is COC(=O)Nc1cc(-c2cc(Cl)c(OCC(C)CC(C)C)cn2)ccn1. The monoisotopic (exact) mass is 377 g/mol. The molecule has 140 valence electrons. The first-order chi connectivity index (χ1) is 12.4. The van der Waals surface area contributed by atoms with Gasteiger partial charge < -0.3 is 9.47 Å². The molecule has 1 atom stereocenters. The number of methoxy groups -OCH3 is 1. The Kier molecular flexibility index (Phi) is 7.21. The van der Waals surface area contributed by atoms with E-state index in [4.69, 9.17) is 16.3 Å². The van der Waals surface area contributed by atoms with Crippen molar-refractivity contribution in [1.29, 1.82) is 0 Å². The zero-order valence-electron chi connectivity index (χ0n) is 15.5. The lowest BCUT2D eigenvalue weighted by atomic mass is 10.00. The van der Waals surface area contributed by atoms with E-state index in [-0.39, 0.29) is 0 Å². The predicted molar refractivity (Wildman–Crippen MR) is 103 cm³/mol. The molecule has 26 heavy (non-hydrogen) atoms. The number of halogens is 1. The fourth-order valence-electron chi connectivity index (χ4n) is 2.60. The summed E-state index contributed by atoms with van der Waals surface area (Å²) in [6, 6.07) is 5.22. The summed E-state index contributed by atoms with van der Waals surface area (Å²) < 4.78 is 10.4. The molecule has 0 spiro atoms. The van der Waals surface area contributed by atoms with E-state index in [0.29, 0.717) is 40.7 Å². The van der Waals surface area contributed by atoms with Crippen LogP contribution in [0.1, 0.15) is 27.2 Å². The van der Waals surface area contributed by atoms with Crippen molar-refractivity contribution >= 4 is 23.5 Å². The minimum absolute atomic E-state index is 0.370. The number of pyridine rings is 2. The molecule has 7 heteroatoms. The Morgan fingerprint density at radius 1 is 1.27 bits per heavy atom. The maximum absolute atomic E-state index is 11.3. The van der Waals surface area contributed by atoms with E-state index < -0.39 is 6.09 Å². The molecule has 1 N–H and O–H groups in total. The van der Waals surface area contributed by atoms with E-state index in [1.807, 2.05) is 0 Å². The predicted octanol–water partition coefficient (Wildman–Crippen LogP) is 5.04. The van der Waals surface area contributed by atoms with Gasteiger partial charge in [0.05, 0.1) is 30.6 Å². The van der Waals surface area contributed by atoms with Gasteiger partial charge in [0, 0.05) is 11.8 Å². The molecule has 1 unspecified atom stereocenters. The number of ether oxygens (including phenoxy) is 2. The number of nitrogens with one attached hydrogen (secondary N) is 1. The number of hydrogen-bond acceptors (Lipinski definition) is 5. The molecule has 6 nitrogen and oxygen atoms in total. The molecular formula is C19H24ClN3O3. The molecule has 0 aliphatic carbocycles.